The van der Waals surface area contributed by atoms with Gasteiger partial charge in [0.1, 0.15) is 0 Å². The molecule has 110 valence electrons. The Morgan fingerprint density at radius 3 is 2.50 bits per heavy atom. The van der Waals surface area contributed by atoms with Crippen molar-refractivity contribution in [2.24, 2.45) is 0 Å². The van der Waals surface area contributed by atoms with Crippen molar-refractivity contribution in [1.82, 2.24) is 0 Å². The van der Waals surface area contributed by atoms with Gasteiger partial charge in [-0.3, -0.25) is 4.79 Å². The van der Waals surface area contributed by atoms with E-state index in [1.54, 1.807) is 30.2 Å². The van der Waals surface area contributed by atoms with Gasteiger partial charge >= 0.3 is 5.97 Å². The van der Waals surface area contributed by atoms with Gasteiger partial charge in [-0.05, 0) is 42.0 Å². The number of carboxylic acids is 1. The molecule has 0 spiro atoms. The van der Waals surface area contributed by atoms with E-state index >= 15 is 0 Å². The van der Waals surface area contributed by atoms with Gasteiger partial charge in [-0.15, -0.1) is 0 Å². The number of carboxylic acid groups (broad SMARTS) is 1. The summed E-state index contributed by atoms with van der Waals surface area (Å²) in [5.74, 6) is -1.04. The van der Waals surface area contributed by atoms with Gasteiger partial charge in [-0.1, -0.05) is 28.1 Å². The molecule has 0 aliphatic carbocycles. The van der Waals surface area contributed by atoms with Crippen LogP contribution in [0.4, 0.5) is 5.69 Å². The number of halogens is 1. The smallest absolute Gasteiger partial charge is 0.335 e. The first-order chi connectivity index (χ1) is 10.5. The van der Waals surface area contributed by atoms with Crippen LogP contribution < -0.4 is 4.90 Å². The van der Waals surface area contributed by atoms with Gasteiger partial charge in [0.05, 0.1) is 11.3 Å². The van der Waals surface area contributed by atoms with Crippen LogP contribution in [0, 0.1) is 0 Å². The summed E-state index contributed by atoms with van der Waals surface area (Å²) in [6.45, 7) is 0. The summed E-state index contributed by atoms with van der Waals surface area (Å²) >= 11 is 3.42. The van der Waals surface area contributed by atoms with Gasteiger partial charge in [-0.2, -0.15) is 0 Å². The number of hydrogen-bond donors (Lipinski definition) is 1. The van der Waals surface area contributed by atoms with Crippen LogP contribution in [0.3, 0.4) is 0 Å². The number of anilines is 1. The van der Waals surface area contributed by atoms with Crippen LogP contribution in [0.5, 0.6) is 0 Å². The van der Waals surface area contributed by atoms with E-state index in [0.717, 1.165) is 21.3 Å². The molecule has 22 heavy (non-hydrogen) atoms. The summed E-state index contributed by atoms with van der Waals surface area (Å²) in [6, 6.07) is 12.1. The van der Waals surface area contributed by atoms with E-state index in [9.17, 15) is 9.59 Å². The Morgan fingerprint density at radius 2 is 1.86 bits per heavy atom. The lowest BCUT2D eigenvalue weighted by Crippen LogP contribution is -2.20. The number of carbonyl (C=O) groups is 2. The lowest BCUT2D eigenvalue weighted by Gasteiger charge is -2.08. The van der Waals surface area contributed by atoms with Crippen LogP contribution in [-0.2, 0) is 4.79 Å². The summed E-state index contributed by atoms with van der Waals surface area (Å²) in [5, 5.41) is 8.92. The van der Waals surface area contributed by atoms with Gasteiger partial charge in [0.25, 0.3) is 5.91 Å². The van der Waals surface area contributed by atoms with Gasteiger partial charge in [-0.25, -0.2) is 4.79 Å². The summed E-state index contributed by atoms with van der Waals surface area (Å²) in [4.78, 5) is 24.9. The van der Waals surface area contributed by atoms with Gasteiger partial charge < -0.3 is 10.0 Å². The molecule has 5 heteroatoms. The van der Waals surface area contributed by atoms with Crippen molar-refractivity contribution in [3.8, 4) is 0 Å². The molecule has 1 amide bonds. The third-order valence-electron chi connectivity index (χ3n) is 3.61. The minimum atomic E-state index is -0.967. The Labute approximate surface area is 135 Å². The molecule has 0 aromatic heterocycles. The van der Waals surface area contributed by atoms with Crippen molar-refractivity contribution in [2.75, 3.05) is 11.9 Å². The molecule has 1 heterocycles. The second-order valence-corrected chi connectivity index (χ2v) is 5.93. The number of nitrogens with zero attached hydrogens (tertiary/aromatic N) is 1. The van der Waals surface area contributed by atoms with Crippen LogP contribution in [0.25, 0.3) is 11.6 Å². The molecule has 3 rings (SSSR count). The van der Waals surface area contributed by atoms with E-state index in [-0.39, 0.29) is 11.5 Å². The average Bonchev–Trinajstić information content (AvgIpc) is 2.72. The Morgan fingerprint density at radius 1 is 1.18 bits per heavy atom. The van der Waals surface area contributed by atoms with E-state index in [0.29, 0.717) is 5.57 Å². The molecule has 0 unspecified atom stereocenters. The summed E-state index contributed by atoms with van der Waals surface area (Å²) < 4.78 is 0.904. The third kappa shape index (κ3) is 2.44. The molecule has 1 aliphatic heterocycles. The Hall–Kier alpha value is -2.40. The van der Waals surface area contributed by atoms with E-state index < -0.39 is 5.97 Å². The van der Waals surface area contributed by atoms with Gasteiger partial charge in [0.15, 0.2) is 0 Å². The second kappa shape index (κ2) is 5.42. The van der Waals surface area contributed by atoms with Crippen molar-refractivity contribution in [3.05, 3.63) is 63.6 Å². The molecule has 4 nitrogen and oxygen atoms in total. The maximum Gasteiger partial charge on any atom is 0.335 e. The zero-order valence-corrected chi connectivity index (χ0v) is 13.3. The zero-order chi connectivity index (χ0) is 15.9. The average molecular weight is 358 g/mol. The van der Waals surface area contributed by atoms with Crippen molar-refractivity contribution in [3.63, 3.8) is 0 Å². The Bertz CT molecular complexity index is 809. The molecule has 2 aromatic rings. The summed E-state index contributed by atoms with van der Waals surface area (Å²) in [7, 11) is 1.74. The number of aromatic carboxylic acids is 1. The minimum Gasteiger partial charge on any atom is -0.478 e. The van der Waals surface area contributed by atoms with Crippen molar-refractivity contribution < 1.29 is 14.7 Å². The fourth-order valence-corrected chi connectivity index (χ4v) is 2.81. The number of hydrogen-bond acceptors (Lipinski definition) is 2. The van der Waals surface area contributed by atoms with Gasteiger partial charge in [0.2, 0.25) is 0 Å². The summed E-state index contributed by atoms with van der Waals surface area (Å²) in [5.41, 5.74) is 3.34. The first-order valence-corrected chi connectivity index (χ1v) is 7.40. The molecule has 0 atom stereocenters. The highest BCUT2D eigenvalue weighted by molar-refractivity contribution is 9.10. The minimum absolute atomic E-state index is 0.0737. The molecule has 0 saturated heterocycles. The molecule has 1 N–H and O–H groups in total. The van der Waals surface area contributed by atoms with E-state index in [4.69, 9.17) is 5.11 Å². The Kier molecular flexibility index (Phi) is 3.58. The molecule has 0 saturated carbocycles. The molecular weight excluding hydrogens is 346 g/mol. The number of rotatable bonds is 2. The summed E-state index contributed by atoms with van der Waals surface area (Å²) in [6.07, 6.45) is 1.78. The highest BCUT2D eigenvalue weighted by atomic mass is 79.9. The van der Waals surface area contributed by atoms with E-state index in [1.165, 1.54) is 12.1 Å². The first-order valence-electron chi connectivity index (χ1n) is 6.60. The lowest BCUT2D eigenvalue weighted by atomic mass is 10.0. The quantitative estimate of drug-likeness (QED) is 0.834. The normalized spacial score (nSPS) is 15.3. The van der Waals surface area contributed by atoms with Crippen molar-refractivity contribution in [1.29, 1.82) is 0 Å². The lowest BCUT2D eigenvalue weighted by molar-refractivity contribution is -0.112. The third-order valence-corrected chi connectivity index (χ3v) is 4.11. The fourth-order valence-electron chi connectivity index (χ4n) is 2.45. The maximum absolute atomic E-state index is 12.4. The number of likely N-dealkylation sites (N-methyl/N-ethyl adjacent to an activating group) is 1. The highest BCUT2D eigenvalue weighted by Gasteiger charge is 2.29. The number of fused-ring (bicyclic) bond motifs is 1. The van der Waals surface area contributed by atoms with Gasteiger partial charge in [0, 0.05) is 22.7 Å². The number of benzene rings is 2. The second-order valence-electron chi connectivity index (χ2n) is 5.01. The topological polar surface area (TPSA) is 57.6 Å². The standard InChI is InChI=1S/C17H12BrNO3/c1-19-15-7-6-12(18)9-13(15)14(16(19)20)8-10-2-4-11(5-3-10)17(21)22/h2-9H,1H3,(H,21,22)/b14-8-. The first kappa shape index (κ1) is 14.5. The van der Waals surface area contributed by atoms with E-state index in [1.807, 2.05) is 18.2 Å². The molecule has 1 aliphatic rings. The molecule has 0 radical (unpaired) electrons. The number of amides is 1. The molecule has 2 aromatic carbocycles. The van der Waals surface area contributed by atoms with E-state index in [2.05, 4.69) is 15.9 Å². The van der Waals surface area contributed by atoms with Crippen molar-refractivity contribution in [2.45, 2.75) is 0 Å². The van der Waals surface area contributed by atoms with Crippen LogP contribution >= 0.6 is 15.9 Å². The van der Waals surface area contributed by atoms with Crippen LogP contribution in [0.2, 0.25) is 0 Å². The molecule has 0 fully saturated rings. The van der Waals surface area contributed by atoms with Crippen molar-refractivity contribution >= 4 is 45.1 Å². The number of carbonyl (C=O) groups excluding carboxylic acids is 1. The monoisotopic (exact) mass is 357 g/mol. The SMILES string of the molecule is CN1C(=O)/C(=C\c2ccc(C(=O)O)cc2)c2cc(Br)ccc21. The van der Waals surface area contributed by atoms with Crippen LogP contribution in [-0.4, -0.2) is 24.0 Å². The Balaban J connectivity index is 2.06. The largest absolute Gasteiger partial charge is 0.478 e. The van der Waals surface area contributed by atoms with Crippen LogP contribution in [0.1, 0.15) is 21.5 Å². The molecular formula is C17H12BrNO3. The zero-order valence-electron chi connectivity index (χ0n) is 11.7. The predicted octanol–water partition coefficient (Wildman–Crippen LogP) is 3.66. The molecule has 0 bridgehead atoms. The fraction of sp³-hybridized carbons (Fsp3) is 0.0588. The highest BCUT2D eigenvalue weighted by Crippen LogP contribution is 2.38. The predicted molar refractivity (Wildman–Crippen MR) is 88.8 cm³/mol. The van der Waals surface area contributed by atoms with Crippen LogP contribution in [0.15, 0.2) is 46.9 Å². The maximum atomic E-state index is 12.4.